The third-order valence-electron chi connectivity index (χ3n) is 3.56. The lowest BCUT2D eigenvalue weighted by Gasteiger charge is -2.29. The average Bonchev–Trinajstić information content (AvgIpc) is 2.53. The van der Waals surface area contributed by atoms with Gasteiger partial charge in [0.25, 0.3) is 0 Å². The Bertz CT molecular complexity index is 649. The average molecular weight is 553 g/mol. The topological polar surface area (TPSA) is 88.1 Å². The zero-order valence-electron chi connectivity index (χ0n) is 16.7. The Labute approximate surface area is 182 Å². The number of ether oxygens (including phenoxy) is 2. The molecule has 0 heterocycles. The van der Waals surface area contributed by atoms with E-state index in [4.69, 9.17) is 0 Å². The van der Waals surface area contributed by atoms with Gasteiger partial charge in [-0.1, -0.05) is 9.05 Å². The first kappa shape index (κ1) is 32.1. The molecule has 0 aromatic rings. The molecule has 0 unspecified atom stereocenters. The Balaban J connectivity index is 6.57. The van der Waals surface area contributed by atoms with Crippen LogP contribution in [0.2, 0.25) is 0 Å². The van der Waals surface area contributed by atoms with Gasteiger partial charge in [-0.2, -0.15) is 52.7 Å². The zero-order chi connectivity index (χ0) is 27.4. The number of alkyl halides is 12. The van der Waals surface area contributed by atoms with Crippen molar-refractivity contribution in [3.63, 3.8) is 0 Å². The van der Waals surface area contributed by atoms with E-state index >= 15 is 0 Å². The van der Waals surface area contributed by atoms with Gasteiger partial charge < -0.3 is 9.47 Å². The molecule has 200 valence electrons. The molecule has 7 nitrogen and oxygen atoms in total. The molecule has 0 bridgehead atoms. The minimum atomic E-state index is -5.70. The van der Waals surface area contributed by atoms with E-state index in [9.17, 15) is 66.8 Å². The maximum Gasteiger partial charge on any atom is 0.699 e. The van der Waals surface area contributed by atoms with Crippen LogP contribution in [0.15, 0.2) is 0 Å². The molecule has 0 radical (unpaired) electrons. The highest BCUT2D eigenvalue weighted by molar-refractivity contribution is 7.33. The van der Waals surface area contributed by atoms with Crippen LogP contribution in [0.5, 0.6) is 0 Å². The summed E-state index contributed by atoms with van der Waals surface area (Å²) in [4.78, 5) is 23.5. The fourth-order valence-electron chi connectivity index (χ4n) is 2.59. The van der Waals surface area contributed by atoms with Crippen molar-refractivity contribution in [3.05, 3.63) is 0 Å². The second kappa shape index (κ2) is 10.8. The zero-order valence-corrected chi connectivity index (χ0v) is 17.6. The molecule has 20 heteroatoms. The van der Waals surface area contributed by atoms with Crippen LogP contribution < -0.4 is 0 Å². The van der Waals surface area contributed by atoms with Gasteiger partial charge in [-0.3, -0.25) is 0 Å². The summed E-state index contributed by atoms with van der Waals surface area (Å²) in [5.41, 5.74) is -8.64. The molecule has 0 aliphatic rings. The second-order valence-electron chi connectivity index (χ2n) is 6.55. The molecule has 0 aliphatic heterocycles. The van der Waals surface area contributed by atoms with E-state index in [-0.39, 0.29) is 14.2 Å². The molecular weight excluding hydrogens is 539 g/mol. The van der Waals surface area contributed by atoms with Crippen LogP contribution in [0.3, 0.4) is 0 Å². The largest absolute Gasteiger partial charge is 0.699 e. The highest BCUT2D eigenvalue weighted by Gasteiger charge is 2.65. The smallest absolute Gasteiger partial charge is 0.467 e. The number of carbonyl (C=O) groups is 2. The van der Waals surface area contributed by atoms with Crippen LogP contribution >= 0.6 is 8.25 Å². The van der Waals surface area contributed by atoms with Crippen molar-refractivity contribution in [1.29, 1.82) is 0 Å². The molecule has 0 saturated carbocycles. The molecule has 0 aromatic carbocycles. The van der Waals surface area contributed by atoms with E-state index < -0.39 is 81.8 Å². The molecule has 0 fully saturated rings. The normalized spacial score (nSPS) is 14.1. The Morgan fingerprint density at radius 2 is 0.765 bits per heavy atom. The predicted molar refractivity (Wildman–Crippen MR) is 82.0 cm³/mol. The Kier molecular flexibility index (Phi) is 10.2. The van der Waals surface area contributed by atoms with Gasteiger partial charge in [0.2, 0.25) is 11.2 Å². The van der Waals surface area contributed by atoms with E-state index in [1.807, 2.05) is 0 Å². The van der Waals surface area contributed by atoms with E-state index in [2.05, 4.69) is 18.5 Å². The molecule has 0 spiro atoms. The van der Waals surface area contributed by atoms with Crippen molar-refractivity contribution in [1.82, 2.24) is 0 Å². The number of carbonyl (C=O) groups excluding carboxylic acids is 2. The monoisotopic (exact) mass is 553 g/mol. The first-order chi connectivity index (χ1) is 14.9. The van der Waals surface area contributed by atoms with Crippen LogP contribution in [-0.4, -0.2) is 62.1 Å². The van der Waals surface area contributed by atoms with Crippen LogP contribution in [-0.2, 0) is 32.7 Å². The van der Waals surface area contributed by atoms with Gasteiger partial charge in [0, 0.05) is 4.57 Å². The van der Waals surface area contributed by atoms with Crippen molar-refractivity contribution < 1.29 is 85.4 Å². The number of methoxy groups -OCH3 is 2. The molecule has 0 aliphatic carbocycles. The summed E-state index contributed by atoms with van der Waals surface area (Å²) in [5, 5.41) is 0. The van der Waals surface area contributed by atoms with E-state index in [0.29, 0.717) is 0 Å². The van der Waals surface area contributed by atoms with Gasteiger partial charge >= 0.3 is 44.9 Å². The molecule has 0 atom stereocenters. The first-order valence-corrected chi connectivity index (χ1v) is 9.28. The summed E-state index contributed by atoms with van der Waals surface area (Å²) in [6, 6.07) is 0. The van der Waals surface area contributed by atoms with Crippen molar-refractivity contribution in [2.24, 2.45) is 0 Å². The number of halogens is 12. The van der Waals surface area contributed by atoms with Gasteiger partial charge in [0.05, 0.1) is 39.9 Å². The maximum atomic E-state index is 12.9. The lowest BCUT2D eigenvalue weighted by molar-refractivity contribution is -0.229. The summed E-state index contributed by atoms with van der Waals surface area (Å²) in [6.07, 6.45) is -34.4. The summed E-state index contributed by atoms with van der Waals surface area (Å²) in [6.45, 7) is 0. The van der Waals surface area contributed by atoms with Crippen molar-refractivity contribution in [2.75, 3.05) is 14.2 Å². The molecular formula is C14H14F12O7P+. The van der Waals surface area contributed by atoms with Crippen LogP contribution in [0.4, 0.5) is 52.7 Å². The fraction of sp³-hybridized carbons (Fsp3) is 0.857. The van der Waals surface area contributed by atoms with E-state index in [0.717, 1.165) is 0 Å². The highest BCUT2D eigenvalue weighted by Crippen LogP contribution is 2.50. The Hall–Kier alpha value is -1.88. The minimum absolute atomic E-state index is 0.257. The number of rotatable bonds is 10. The third-order valence-corrected chi connectivity index (χ3v) is 4.55. The van der Waals surface area contributed by atoms with E-state index in [1.54, 1.807) is 0 Å². The minimum Gasteiger partial charge on any atom is -0.467 e. The fourth-order valence-corrected chi connectivity index (χ4v) is 3.60. The Morgan fingerprint density at radius 3 is 0.912 bits per heavy atom. The predicted octanol–water partition coefficient (Wildman–Crippen LogP) is 5.31. The van der Waals surface area contributed by atoms with Crippen LogP contribution in [0.25, 0.3) is 0 Å². The molecule has 0 rings (SSSR count). The highest BCUT2D eigenvalue weighted by atomic mass is 31.1. The summed E-state index contributed by atoms with van der Waals surface area (Å²) >= 11 is 0. The number of hydrogen-bond acceptors (Lipinski definition) is 7. The van der Waals surface area contributed by atoms with Crippen molar-refractivity contribution in [2.45, 2.75) is 61.6 Å². The van der Waals surface area contributed by atoms with E-state index in [1.165, 1.54) is 0 Å². The molecule has 0 amide bonds. The van der Waals surface area contributed by atoms with Crippen molar-refractivity contribution in [3.8, 4) is 0 Å². The third kappa shape index (κ3) is 11.0. The lowest BCUT2D eigenvalue weighted by atomic mass is 9.95. The molecule has 0 saturated heterocycles. The maximum absolute atomic E-state index is 12.9. The van der Waals surface area contributed by atoms with Gasteiger partial charge in [0.1, 0.15) is 0 Å². The van der Waals surface area contributed by atoms with Crippen LogP contribution in [0.1, 0.15) is 25.7 Å². The van der Waals surface area contributed by atoms with Gasteiger partial charge in [-0.25, -0.2) is 9.59 Å². The summed E-state index contributed by atoms with van der Waals surface area (Å²) < 4.78 is 182. The lowest BCUT2D eigenvalue weighted by Crippen LogP contribution is -2.50. The van der Waals surface area contributed by atoms with Crippen LogP contribution in [0, 0.1) is 0 Å². The van der Waals surface area contributed by atoms with Gasteiger partial charge in [0.15, 0.2) is 0 Å². The Morgan fingerprint density at radius 1 is 0.559 bits per heavy atom. The molecule has 34 heavy (non-hydrogen) atoms. The number of hydrogen-bond donors (Lipinski definition) is 0. The quantitative estimate of drug-likeness (QED) is 0.206. The number of esters is 2. The summed E-state index contributed by atoms with van der Waals surface area (Å²) in [5.74, 6) is -4.99. The molecule has 0 N–H and O–H groups in total. The van der Waals surface area contributed by atoms with Crippen molar-refractivity contribution >= 4 is 20.2 Å². The summed E-state index contributed by atoms with van der Waals surface area (Å²) in [7, 11) is -4.38. The molecule has 0 aromatic heterocycles. The van der Waals surface area contributed by atoms with Gasteiger partial charge in [-0.05, 0) is 0 Å². The van der Waals surface area contributed by atoms with Gasteiger partial charge in [-0.15, -0.1) is 0 Å². The standard InChI is InChI=1S/C14H14F12O7P/c1-30-7(27)9(3-11(15,16)17,4-12(18,19)20)32-34(29)33-10(8(28)31-2,5-13(21,22)23)6-14(24,25)26/h3-6H2,1-2H3/q+1. The SMILES string of the molecule is COC(=O)C(CC(F)(F)F)(CC(F)(F)F)O[P+](=O)OC(CC(F)(F)F)(CC(F)(F)F)C(=O)OC. The second-order valence-corrected chi connectivity index (χ2v) is 7.36. The first-order valence-electron chi connectivity index (χ1n) is 8.19.